The van der Waals surface area contributed by atoms with E-state index in [1.54, 1.807) is 0 Å². The maximum atomic E-state index is 10.7. The van der Waals surface area contributed by atoms with Gasteiger partial charge in [-0.05, 0) is 0 Å². The van der Waals surface area contributed by atoms with Crippen LogP contribution in [0.25, 0.3) is 0 Å². The first-order chi connectivity index (χ1) is 5.57. The quantitative estimate of drug-likeness (QED) is 0.364. The van der Waals surface area contributed by atoms with Crippen LogP contribution < -0.4 is 11.5 Å². The van der Waals surface area contributed by atoms with E-state index in [9.17, 15) is 4.79 Å². The molecule has 0 aliphatic carbocycles. The number of rotatable bonds is 5. The number of carbonyl (C=O) groups excluding carboxylic acids is 1. The normalized spacial score (nSPS) is 15.3. The van der Waals surface area contributed by atoms with E-state index in [0.29, 0.717) is 11.5 Å². The highest BCUT2D eigenvalue weighted by atomic mass is 32.2. The molecule has 0 heterocycles. The average molecular weight is 194 g/mol. The van der Waals surface area contributed by atoms with Gasteiger partial charge in [0.25, 0.3) is 0 Å². The fourth-order valence-corrected chi connectivity index (χ4v) is 1.30. The molecule has 72 valence electrons. The van der Waals surface area contributed by atoms with E-state index in [0.717, 1.165) is 0 Å². The fraction of sp³-hybridized carbons (Fsp3) is 0.833. The number of hydrogen-bond donors (Lipinski definition) is 3. The fourth-order valence-electron chi connectivity index (χ4n) is 0.535. The maximum absolute atomic E-state index is 10.7. The van der Waals surface area contributed by atoms with Crippen LogP contribution in [-0.4, -0.2) is 42.0 Å². The number of aliphatic hydroxyl groups is 1. The number of hydrogen-bond acceptors (Lipinski definition) is 6. The van der Waals surface area contributed by atoms with Crippen molar-refractivity contribution in [1.82, 2.24) is 0 Å². The lowest BCUT2D eigenvalue weighted by atomic mass is 10.4. The standard InChI is InChI=1S/C6H14N2O3S/c1-11-6(10)4(7)2-12-3-5(8)9/h4-5,9H,2-3,7-8H2,1H3/t4-,5?/m0/s1. The second-order valence-electron chi connectivity index (χ2n) is 2.23. The Morgan fingerprint density at radius 2 is 2.17 bits per heavy atom. The topological polar surface area (TPSA) is 98.6 Å². The average Bonchev–Trinajstić information content (AvgIpc) is 2.02. The summed E-state index contributed by atoms with van der Waals surface area (Å²) in [7, 11) is 1.28. The van der Waals surface area contributed by atoms with Gasteiger partial charge in [-0.3, -0.25) is 4.79 Å². The number of ether oxygens (including phenoxy) is 1. The van der Waals surface area contributed by atoms with Gasteiger partial charge in [-0.15, -0.1) is 0 Å². The zero-order chi connectivity index (χ0) is 9.56. The first-order valence-corrected chi connectivity index (χ1v) is 4.58. The lowest BCUT2D eigenvalue weighted by Gasteiger charge is -2.09. The minimum atomic E-state index is -0.861. The molecule has 6 heteroatoms. The Bertz CT molecular complexity index is 143. The molecule has 0 fully saturated rings. The van der Waals surface area contributed by atoms with Crippen LogP contribution in [0.5, 0.6) is 0 Å². The molecule has 1 unspecified atom stereocenters. The van der Waals surface area contributed by atoms with Crippen molar-refractivity contribution >= 4 is 17.7 Å². The number of aliphatic hydroxyl groups excluding tert-OH is 1. The molecule has 5 N–H and O–H groups in total. The van der Waals surface area contributed by atoms with E-state index < -0.39 is 18.2 Å². The molecule has 0 amide bonds. The van der Waals surface area contributed by atoms with E-state index in [1.807, 2.05) is 0 Å². The highest BCUT2D eigenvalue weighted by Crippen LogP contribution is 2.02. The monoisotopic (exact) mass is 194 g/mol. The van der Waals surface area contributed by atoms with E-state index >= 15 is 0 Å². The Balaban J connectivity index is 3.43. The highest BCUT2D eigenvalue weighted by molar-refractivity contribution is 7.99. The van der Waals surface area contributed by atoms with Gasteiger partial charge in [-0.1, -0.05) is 0 Å². The maximum Gasteiger partial charge on any atom is 0.323 e. The third-order valence-corrected chi connectivity index (χ3v) is 2.26. The molecule has 0 aliphatic heterocycles. The van der Waals surface area contributed by atoms with Crippen molar-refractivity contribution in [2.24, 2.45) is 11.5 Å². The first-order valence-electron chi connectivity index (χ1n) is 3.42. The third kappa shape index (κ3) is 5.36. The molecule has 0 saturated carbocycles. The molecule has 0 aromatic carbocycles. The molecule has 0 radical (unpaired) electrons. The summed E-state index contributed by atoms with van der Waals surface area (Å²) in [5, 5.41) is 8.66. The van der Waals surface area contributed by atoms with Crippen molar-refractivity contribution in [2.75, 3.05) is 18.6 Å². The number of methoxy groups -OCH3 is 1. The summed E-state index contributed by atoms with van der Waals surface area (Å²) < 4.78 is 4.40. The molecule has 2 atom stereocenters. The van der Waals surface area contributed by atoms with Crippen LogP contribution in [0.3, 0.4) is 0 Å². The van der Waals surface area contributed by atoms with Crippen LogP contribution in [0.4, 0.5) is 0 Å². The van der Waals surface area contributed by atoms with Crippen LogP contribution in [-0.2, 0) is 9.53 Å². The molecule has 0 aromatic rings. The molecule has 0 aromatic heterocycles. The summed E-state index contributed by atoms with van der Waals surface area (Å²) in [6.45, 7) is 0. The molecule has 12 heavy (non-hydrogen) atoms. The largest absolute Gasteiger partial charge is 0.468 e. The lowest BCUT2D eigenvalue weighted by molar-refractivity contribution is -0.141. The van der Waals surface area contributed by atoms with Gasteiger partial charge in [0.15, 0.2) is 0 Å². The Hall–Kier alpha value is -0.300. The predicted molar refractivity (Wildman–Crippen MR) is 47.5 cm³/mol. The van der Waals surface area contributed by atoms with E-state index in [2.05, 4.69) is 4.74 Å². The second-order valence-corrected chi connectivity index (χ2v) is 3.31. The van der Waals surface area contributed by atoms with Crippen LogP contribution >= 0.6 is 11.8 Å². The summed E-state index contributed by atoms with van der Waals surface area (Å²) in [4.78, 5) is 10.7. The summed E-state index contributed by atoms with van der Waals surface area (Å²) in [6.07, 6.45) is -0.861. The number of carbonyl (C=O) groups is 1. The van der Waals surface area contributed by atoms with Crippen molar-refractivity contribution in [3.8, 4) is 0 Å². The van der Waals surface area contributed by atoms with Gasteiger partial charge in [0.1, 0.15) is 12.3 Å². The molecule has 0 rings (SSSR count). The molecular formula is C6H14N2O3S. The summed E-state index contributed by atoms with van der Waals surface area (Å²) in [5.41, 5.74) is 10.5. The number of nitrogens with two attached hydrogens (primary N) is 2. The van der Waals surface area contributed by atoms with Gasteiger partial charge in [0.2, 0.25) is 0 Å². The smallest absolute Gasteiger partial charge is 0.323 e. The van der Waals surface area contributed by atoms with Gasteiger partial charge in [0, 0.05) is 11.5 Å². The molecule has 0 spiro atoms. The third-order valence-electron chi connectivity index (χ3n) is 1.09. The first kappa shape index (κ1) is 11.7. The summed E-state index contributed by atoms with van der Waals surface area (Å²) in [6, 6.07) is -0.640. The molecule has 0 saturated heterocycles. The summed E-state index contributed by atoms with van der Waals surface area (Å²) in [5.74, 6) is 0.319. The minimum absolute atomic E-state index is 0.366. The minimum Gasteiger partial charge on any atom is -0.468 e. The van der Waals surface area contributed by atoms with E-state index in [1.165, 1.54) is 18.9 Å². The van der Waals surface area contributed by atoms with Crippen molar-refractivity contribution in [3.05, 3.63) is 0 Å². The van der Waals surface area contributed by atoms with E-state index in [-0.39, 0.29) is 0 Å². The van der Waals surface area contributed by atoms with Crippen LogP contribution in [0.2, 0.25) is 0 Å². The van der Waals surface area contributed by atoms with Crippen LogP contribution in [0.15, 0.2) is 0 Å². The lowest BCUT2D eigenvalue weighted by Crippen LogP contribution is -2.34. The van der Waals surface area contributed by atoms with Crippen molar-refractivity contribution in [2.45, 2.75) is 12.3 Å². The second kappa shape index (κ2) is 6.24. The number of thioether (sulfide) groups is 1. The zero-order valence-corrected chi connectivity index (χ0v) is 7.71. The van der Waals surface area contributed by atoms with Crippen molar-refractivity contribution in [3.63, 3.8) is 0 Å². The molecular weight excluding hydrogens is 180 g/mol. The van der Waals surface area contributed by atoms with Crippen molar-refractivity contribution in [1.29, 1.82) is 0 Å². The molecule has 0 aliphatic rings. The zero-order valence-electron chi connectivity index (χ0n) is 6.90. The van der Waals surface area contributed by atoms with Gasteiger partial charge in [-0.25, -0.2) is 0 Å². The Morgan fingerprint density at radius 3 is 2.58 bits per heavy atom. The van der Waals surface area contributed by atoms with Gasteiger partial charge >= 0.3 is 5.97 Å². The Morgan fingerprint density at radius 1 is 1.58 bits per heavy atom. The Kier molecular flexibility index (Phi) is 6.09. The van der Waals surface area contributed by atoms with Crippen LogP contribution in [0.1, 0.15) is 0 Å². The SMILES string of the molecule is COC(=O)[C@@H](N)CSCC(N)O. The predicted octanol–water partition coefficient (Wildman–Crippen LogP) is -1.50. The van der Waals surface area contributed by atoms with Crippen LogP contribution in [0, 0.1) is 0 Å². The van der Waals surface area contributed by atoms with Gasteiger partial charge in [0.05, 0.1) is 7.11 Å². The highest BCUT2D eigenvalue weighted by Gasteiger charge is 2.13. The van der Waals surface area contributed by atoms with E-state index in [4.69, 9.17) is 16.6 Å². The van der Waals surface area contributed by atoms with Crippen molar-refractivity contribution < 1.29 is 14.6 Å². The molecule has 5 nitrogen and oxygen atoms in total. The summed E-state index contributed by atoms with van der Waals surface area (Å²) >= 11 is 1.31. The van der Waals surface area contributed by atoms with Gasteiger partial charge in [-0.2, -0.15) is 11.8 Å². The number of esters is 1. The Labute approximate surface area is 75.4 Å². The molecule has 0 bridgehead atoms. The van der Waals surface area contributed by atoms with Gasteiger partial charge < -0.3 is 21.3 Å².